The maximum absolute atomic E-state index is 5.60. The van der Waals surface area contributed by atoms with E-state index in [0.717, 1.165) is 31.8 Å². The Kier molecular flexibility index (Phi) is 5.44. The Hall–Kier alpha value is -1.81. The summed E-state index contributed by atoms with van der Waals surface area (Å²) in [5.41, 5.74) is 1.21. The van der Waals surface area contributed by atoms with Gasteiger partial charge in [0.2, 0.25) is 0 Å². The molecule has 0 spiro atoms. The lowest BCUT2D eigenvalue weighted by atomic mass is 10.2. The number of rotatable bonds is 8. The lowest BCUT2D eigenvalue weighted by Crippen LogP contribution is -2.17. The molecule has 4 nitrogen and oxygen atoms in total. The van der Waals surface area contributed by atoms with Crippen molar-refractivity contribution in [2.24, 2.45) is 0 Å². The Bertz CT molecular complexity index is 468. The maximum atomic E-state index is 5.60. The van der Waals surface area contributed by atoms with Gasteiger partial charge in [-0.3, -0.25) is 0 Å². The van der Waals surface area contributed by atoms with Crippen LogP contribution >= 0.6 is 0 Å². The van der Waals surface area contributed by atoms with Crippen molar-refractivity contribution >= 4 is 0 Å². The number of hydrogen-bond donors (Lipinski definition) is 1. The van der Waals surface area contributed by atoms with E-state index in [1.807, 2.05) is 43.8 Å². The summed E-state index contributed by atoms with van der Waals surface area (Å²) in [4.78, 5) is 4.03. The number of para-hydroxylation sites is 1. The number of ether oxygens (including phenoxy) is 1. The van der Waals surface area contributed by atoms with E-state index in [1.165, 1.54) is 5.56 Å². The van der Waals surface area contributed by atoms with Gasteiger partial charge < -0.3 is 14.6 Å². The highest BCUT2D eigenvalue weighted by Gasteiger charge is 2.01. The van der Waals surface area contributed by atoms with E-state index in [1.54, 1.807) is 0 Å². The molecule has 0 fully saturated rings. The normalized spacial score (nSPS) is 10.6. The quantitative estimate of drug-likeness (QED) is 0.740. The minimum Gasteiger partial charge on any atom is -0.494 e. The number of hydrogen-bond acceptors (Lipinski definition) is 3. The van der Waals surface area contributed by atoms with Crippen LogP contribution in [0.25, 0.3) is 0 Å². The van der Waals surface area contributed by atoms with Crippen molar-refractivity contribution in [2.75, 3.05) is 13.2 Å². The van der Waals surface area contributed by atoms with Crippen LogP contribution in [-0.2, 0) is 13.1 Å². The SMILES string of the molecule is CCOc1ccccc1CNCCCn1ccnc1. The predicted molar refractivity (Wildman–Crippen MR) is 76.2 cm³/mol. The Balaban J connectivity index is 1.70. The largest absolute Gasteiger partial charge is 0.494 e. The Morgan fingerprint density at radius 2 is 2.21 bits per heavy atom. The van der Waals surface area contributed by atoms with Gasteiger partial charge in [0.05, 0.1) is 12.9 Å². The van der Waals surface area contributed by atoms with Crippen LogP contribution in [0.5, 0.6) is 5.75 Å². The highest BCUT2D eigenvalue weighted by molar-refractivity contribution is 5.33. The molecule has 0 aliphatic rings. The zero-order valence-electron chi connectivity index (χ0n) is 11.4. The van der Waals surface area contributed by atoms with Crippen molar-refractivity contribution in [1.29, 1.82) is 0 Å². The maximum Gasteiger partial charge on any atom is 0.123 e. The molecule has 1 N–H and O–H groups in total. The smallest absolute Gasteiger partial charge is 0.123 e. The molecule has 1 aromatic carbocycles. The first-order valence-corrected chi connectivity index (χ1v) is 6.77. The van der Waals surface area contributed by atoms with Gasteiger partial charge >= 0.3 is 0 Å². The second kappa shape index (κ2) is 7.59. The summed E-state index contributed by atoms with van der Waals surface area (Å²) in [6.45, 7) is 5.55. The van der Waals surface area contributed by atoms with Gasteiger partial charge in [-0.25, -0.2) is 4.98 Å². The average Bonchev–Trinajstić information content (AvgIpc) is 2.94. The molecule has 0 saturated heterocycles. The molecule has 1 heterocycles. The summed E-state index contributed by atoms with van der Waals surface area (Å²) < 4.78 is 7.69. The zero-order valence-corrected chi connectivity index (χ0v) is 11.4. The fourth-order valence-corrected chi connectivity index (χ4v) is 1.97. The zero-order chi connectivity index (χ0) is 13.3. The Morgan fingerprint density at radius 3 is 3.00 bits per heavy atom. The molecule has 0 bridgehead atoms. The van der Waals surface area contributed by atoms with Crippen molar-refractivity contribution in [2.45, 2.75) is 26.4 Å². The van der Waals surface area contributed by atoms with Crippen LogP contribution in [0.2, 0.25) is 0 Å². The van der Waals surface area contributed by atoms with Crippen LogP contribution in [0.4, 0.5) is 0 Å². The molecule has 0 aliphatic carbocycles. The first kappa shape index (κ1) is 13.6. The van der Waals surface area contributed by atoms with Gasteiger partial charge in [0.15, 0.2) is 0 Å². The minimum absolute atomic E-state index is 0.706. The van der Waals surface area contributed by atoms with Crippen LogP contribution in [0.3, 0.4) is 0 Å². The van der Waals surface area contributed by atoms with Crippen molar-refractivity contribution in [3.63, 3.8) is 0 Å². The summed E-state index contributed by atoms with van der Waals surface area (Å²) >= 11 is 0. The van der Waals surface area contributed by atoms with Crippen LogP contribution in [-0.4, -0.2) is 22.7 Å². The Morgan fingerprint density at radius 1 is 1.32 bits per heavy atom. The fraction of sp³-hybridized carbons (Fsp3) is 0.400. The molecule has 0 radical (unpaired) electrons. The fourth-order valence-electron chi connectivity index (χ4n) is 1.97. The standard InChI is InChI=1S/C15H21N3O/c1-2-19-15-7-4-3-6-14(15)12-16-8-5-10-18-11-9-17-13-18/h3-4,6-7,9,11,13,16H,2,5,8,10,12H2,1H3. The molecule has 0 saturated carbocycles. The van der Waals surface area contributed by atoms with Gasteiger partial charge in [0.1, 0.15) is 5.75 Å². The first-order valence-electron chi connectivity index (χ1n) is 6.77. The number of benzene rings is 1. The average molecular weight is 259 g/mol. The molecule has 0 aliphatic heterocycles. The van der Waals surface area contributed by atoms with Crippen LogP contribution < -0.4 is 10.1 Å². The summed E-state index contributed by atoms with van der Waals surface area (Å²) in [5, 5.41) is 3.45. The molecule has 0 unspecified atom stereocenters. The van der Waals surface area contributed by atoms with Gasteiger partial charge in [0.25, 0.3) is 0 Å². The minimum atomic E-state index is 0.706. The third-order valence-corrected chi connectivity index (χ3v) is 2.92. The molecule has 2 aromatic rings. The molecule has 1 aromatic heterocycles. The van der Waals surface area contributed by atoms with Crippen LogP contribution in [0.1, 0.15) is 18.9 Å². The topological polar surface area (TPSA) is 39.1 Å². The van der Waals surface area contributed by atoms with Crippen LogP contribution in [0, 0.1) is 0 Å². The second-order valence-corrected chi connectivity index (χ2v) is 4.37. The van der Waals surface area contributed by atoms with Crippen LogP contribution in [0.15, 0.2) is 43.0 Å². The number of imidazole rings is 1. The number of aryl methyl sites for hydroxylation is 1. The summed E-state index contributed by atoms with van der Waals surface area (Å²) in [6, 6.07) is 8.18. The lowest BCUT2D eigenvalue weighted by Gasteiger charge is -2.11. The highest BCUT2D eigenvalue weighted by atomic mass is 16.5. The molecule has 0 amide bonds. The first-order chi connectivity index (χ1) is 9.40. The number of aromatic nitrogens is 2. The van der Waals surface area contributed by atoms with E-state index in [9.17, 15) is 0 Å². The Labute approximate surface area is 114 Å². The summed E-state index contributed by atoms with van der Waals surface area (Å²) in [6.07, 6.45) is 6.74. The molecule has 19 heavy (non-hydrogen) atoms. The van der Waals surface area contributed by atoms with Gasteiger partial charge in [-0.2, -0.15) is 0 Å². The third kappa shape index (κ3) is 4.41. The lowest BCUT2D eigenvalue weighted by molar-refractivity contribution is 0.335. The number of nitrogens with one attached hydrogen (secondary N) is 1. The molecular formula is C15H21N3O. The van der Waals surface area contributed by atoms with Crippen molar-refractivity contribution in [3.8, 4) is 5.75 Å². The van der Waals surface area contributed by atoms with E-state index >= 15 is 0 Å². The summed E-state index contributed by atoms with van der Waals surface area (Å²) in [7, 11) is 0. The molecule has 2 rings (SSSR count). The van der Waals surface area contributed by atoms with Gasteiger partial charge in [0, 0.05) is 31.0 Å². The molecule has 0 atom stereocenters. The van der Waals surface area contributed by atoms with Gasteiger partial charge in [-0.05, 0) is 26.0 Å². The van der Waals surface area contributed by atoms with E-state index in [0.29, 0.717) is 6.61 Å². The van der Waals surface area contributed by atoms with Gasteiger partial charge in [-0.15, -0.1) is 0 Å². The highest BCUT2D eigenvalue weighted by Crippen LogP contribution is 2.17. The van der Waals surface area contributed by atoms with E-state index in [4.69, 9.17) is 4.74 Å². The number of nitrogens with zero attached hydrogens (tertiary/aromatic N) is 2. The molecule has 102 valence electrons. The van der Waals surface area contributed by atoms with E-state index < -0.39 is 0 Å². The van der Waals surface area contributed by atoms with Gasteiger partial charge in [-0.1, -0.05) is 18.2 Å². The van der Waals surface area contributed by atoms with Crippen molar-refractivity contribution in [1.82, 2.24) is 14.9 Å². The summed E-state index contributed by atoms with van der Waals surface area (Å²) in [5.74, 6) is 0.979. The van der Waals surface area contributed by atoms with E-state index in [2.05, 4.69) is 20.9 Å². The third-order valence-electron chi connectivity index (χ3n) is 2.92. The predicted octanol–water partition coefficient (Wildman–Crippen LogP) is 2.46. The van der Waals surface area contributed by atoms with Crippen molar-refractivity contribution in [3.05, 3.63) is 48.5 Å². The van der Waals surface area contributed by atoms with Crippen molar-refractivity contribution < 1.29 is 4.74 Å². The second-order valence-electron chi connectivity index (χ2n) is 4.37. The van der Waals surface area contributed by atoms with E-state index in [-0.39, 0.29) is 0 Å². The monoisotopic (exact) mass is 259 g/mol. The molecular weight excluding hydrogens is 238 g/mol. The molecule has 4 heteroatoms.